The number of ether oxygens (including phenoxy) is 1. The molecule has 0 aliphatic carbocycles. The lowest BCUT2D eigenvalue weighted by Gasteiger charge is -2.18. The molecule has 2 N–H and O–H groups in total. The number of benzene rings is 2. The molecule has 2 rings (SSSR count). The van der Waals surface area contributed by atoms with Crippen molar-refractivity contribution in [3.8, 4) is 0 Å². The van der Waals surface area contributed by atoms with Gasteiger partial charge in [0, 0.05) is 12.5 Å². The zero-order chi connectivity index (χ0) is 15.1. The fourth-order valence-corrected chi connectivity index (χ4v) is 2.44. The first-order valence-corrected chi connectivity index (χ1v) is 7.24. The number of esters is 1. The summed E-state index contributed by atoms with van der Waals surface area (Å²) < 4.78 is 5.11. The van der Waals surface area contributed by atoms with Crippen LogP contribution >= 0.6 is 0 Å². The minimum absolute atomic E-state index is 0.00301. The van der Waals surface area contributed by atoms with E-state index < -0.39 is 0 Å². The average Bonchev–Trinajstić information content (AvgIpc) is 2.54. The average molecular weight is 283 g/mol. The van der Waals surface area contributed by atoms with Crippen molar-refractivity contribution in [3.63, 3.8) is 0 Å². The molecule has 0 aliphatic heterocycles. The maximum Gasteiger partial charge on any atom is 0.306 e. The van der Waals surface area contributed by atoms with Crippen LogP contribution in [0, 0.1) is 0 Å². The van der Waals surface area contributed by atoms with Gasteiger partial charge in [0.2, 0.25) is 0 Å². The molecule has 0 aromatic heterocycles. The molecule has 0 heterocycles. The molecule has 1 atom stereocenters. The van der Waals surface area contributed by atoms with Crippen LogP contribution in [0.3, 0.4) is 0 Å². The summed E-state index contributed by atoms with van der Waals surface area (Å²) in [5, 5.41) is 0. The lowest BCUT2D eigenvalue weighted by molar-refractivity contribution is -0.143. The maximum absolute atomic E-state index is 11.9. The van der Waals surface area contributed by atoms with Crippen LogP contribution < -0.4 is 5.73 Å². The standard InChI is InChI=1S/C18H21NO2/c1-2-21-18(20)12-17(15-8-4-3-5-9-15)16-10-6-7-14(11-16)13-19/h3-11,17H,2,12-13,19H2,1H3. The van der Waals surface area contributed by atoms with Crippen LogP contribution in [0.4, 0.5) is 0 Å². The van der Waals surface area contributed by atoms with Crippen molar-refractivity contribution in [3.05, 3.63) is 71.3 Å². The van der Waals surface area contributed by atoms with E-state index >= 15 is 0 Å². The van der Waals surface area contributed by atoms with Crippen molar-refractivity contribution in [2.75, 3.05) is 6.61 Å². The second-order valence-electron chi connectivity index (χ2n) is 4.92. The highest BCUT2D eigenvalue weighted by atomic mass is 16.5. The molecule has 2 aromatic rings. The third-order valence-electron chi connectivity index (χ3n) is 3.47. The minimum Gasteiger partial charge on any atom is -0.466 e. The van der Waals surface area contributed by atoms with Gasteiger partial charge in [0.1, 0.15) is 0 Å². The molecule has 0 aliphatic rings. The van der Waals surface area contributed by atoms with Gasteiger partial charge in [0.25, 0.3) is 0 Å². The Bertz CT molecular complexity index is 581. The van der Waals surface area contributed by atoms with Crippen molar-refractivity contribution in [1.29, 1.82) is 0 Å². The molecule has 0 spiro atoms. The number of hydrogen-bond donors (Lipinski definition) is 1. The van der Waals surface area contributed by atoms with Crippen molar-refractivity contribution in [2.24, 2.45) is 5.73 Å². The van der Waals surface area contributed by atoms with Gasteiger partial charge < -0.3 is 10.5 Å². The predicted molar refractivity (Wildman–Crippen MR) is 83.9 cm³/mol. The van der Waals surface area contributed by atoms with Crippen LogP contribution in [0.1, 0.15) is 36.0 Å². The van der Waals surface area contributed by atoms with E-state index in [9.17, 15) is 4.79 Å². The summed E-state index contributed by atoms with van der Waals surface area (Å²) >= 11 is 0. The molecule has 0 fully saturated rings. The van der Waals surface area contributed by atoms with Crippen LogP contribution in [-0.2, 0) is 16.1 Å². The second-order valence-corrected chi connectivity index (χ2v) is 4.92. The third-order valence-corrected chi connectivity index (χ3v) is 3.47. The number of rotatable bonds is 6. The van der Waals surface area contributed by atoms with E-state index in [0.29, 0.717) is 19.6 Å². The Morgan fingerprint density at radius 3 is 2.48 bits per heavy atom. The first-order chi connectivity index (χ1) is 10.2. The second kappa shape index (κ2) is 7.60. The highest BCUT2D eigenvalue weighted by Crippen LogP contribution is 2.29. The quantitative estimate of drug-likeness (QED) is 0.828. The lowest BCUT2D eigenvalue weighted by Crippen LogP contribution is -2.12. The van der Waals surface area contributed by atoms with Crippen LogP contribution in [0.25, 0.3) is 0 Å². The Balaban J connectivity index is 2.33. The van der Waals surface area contributed by atoms with Gasteiger partial charge in [-0.2, -0.15) is 0 Å². The molecule has 0 amide bonds. The van der Waals surface area contributed by atoms with E-state index in [1.165, 1.54) is 0 Å². The number of hydrogen-bond acceptors (Lipinski definition) is 3. The van der Waals surface area contributed by atoms with Crippen LogP contribution in [0.15, 0.2) is 54.6 Å². The fourth-order valence-electron chi connectivity index (χ4n) is 2.44. The van der Waals surface area contributed by atoms with Gasteiger partial charge in [-0.05, 0) is 23.6 Å². The van der Waals surface area contributed by atoms with E-state index in [1.807, 2.05) is 55.5 Å². The Morgan fingerprint density at radius 1 is 1.10 bits per heavy atom. The van der Waals surface area contributed by atoms with Crippen molar-refractivity contribution in [1.82, 2.24) is 0 Å². The Labute approximate surface area is 125 Å². The van der Waals surface area contributed by atoms with Gasteiger partial charge in [-0.15, -0.1) is 0 Å². The van der Waals surface area contributed by atoms with E-state index in [4.69, 9.17) is 10.5 Å². The van der Waals surface area contributed by atoms with Crippen molar-refractivity contribution >= 4 is 5.97 Å². The fraction of sp³-hybridized carbons (Fsp3) is 0.278. The first kappa shape index (κ1) is 15.3. The van der Waals surface area contributed by atoms with E-state index in [0.717, 1.165) is 16.7 Å². The van der Waals surface area contributed by atoms with Crippen LogP contribution in [-0.4, -0.2) is 12.6 Å². The smallest absolute Gasteiger partial charge is 0.306 e. The summed E-state index contributed by atoms with van der Waals surface area (Å²) in [6, 6.07) is 18.1. The number of carbonyl (C=O) groups is 1. The van der Waals surface area contributed by atoms with Crippen LogP contribution in [0.2, 0.25) is 0 Å². The molecule has 1 unspecified atom stereocenters. The molecule has 0 radical (unpaired) electrons. The molecule has 0 saturated carbocycles. The monoisotopic (exact) mass is 283 g/mol. The summed E-state index contributed by atoms with van der Waals surface area (Å²) in [7, 11) is 0. The normalized spacial score (nSPS) is 11.9. The van der Waals surface area contributed by atoms with Gasteiger partial charge in [-0.1, -0.05) is 54.6 Å². The zero-order valence-corrected chi connectivity index (χ0v) is 12.3. The molecular weight excluding hydrogens is 262 g/mol. The number of nitrogens with two attached hydrogens (primary N) is 1. The summed E-state index contributed by atoms with van der Waals surface area (Å²) in [5.74, 6) is -0.179. The predicted octanol–water partition coefficient (Wildman–Crippen LogP) is 3.23. The molecule has 3 heteroatoms. The van der Waals surface area contributed by atoms with Gasteiger partial charge in [0.05, 0.1) is 13.0 Å². The molecule has 2 aromatic carbocycles. The molecule has 21 heavy (non-hydrogen) atoms. The summed E-state index contributed by atoms with van der Waals surface area (Å²) in [5.41, 5.74) is 8.99. The topological polar surface area (TPSA) is 52.3 Å². The van der Waals surface area contributed by atoms with E-state index in [-0.39, 0.29) is 11.9 Å². The third kappa shape index (κ3) is 4.17. The first-order valence-electron chi connectivity index (χ1n) is 7.24. The molecule has 0 bridgehead atoms. The molecular formula is C18H21NO2. The van der Waals surface area contributed by atoms with Gasteiger partial charge >= 0.3 is 5.97 Å². The van der Waals surface area contributed by atoms with Gasteiger partial charge in [0.15, 0.2) is 0 Å². The summed E-state index contributed by atoms with van der Waals surface area (Å²) in [4.78, 5) is 11.9. The molecule has 110 valence electrons. The Kier molecular flexibility index (Phi) is 5.52. The SMILES string of the molecule is CCOC(=O)CC(c1ccccc1)c1cccc(CN)c1. The van der Waals surface area contributed by atoms with E-state index in [1.54, 1.807) is 0 Å². The largest absolute Gasteiger partial charge is 0.466 e. The van der Waals surface area contributed by atoms with Gasteiger partial charge in [-0.25, -0.2) is 0 Å². The van der Waals surface area contributed by atoms with E-state index in [2.05, 4.69) is 6.07 Å². The summed E-state index contributed by atoms with van der Waals surface area (Å²) in [6.07, 6.45) is 0.339. The highest BCUT2D eigenvalue weighted by molar-refractivity contribution is 5.71. The minimum atomic E-state index is -0.176. The lowest BCUT2D eigenvalue weighted by atomic mass is 9.88. The summed E-state index contributed by atoms with van der Waals surface area (Å²) in [6.45, 7) is 2.72. The molecule has 3 nitrogen and oxygen atoms in total. The highest BCUT2D eigenvalue weighted by Gasteiger charge is 2.19. The van der Waals surface area contributed by atoms with Crippen LogP contribution in [0.5, 0.6) is 0 Å². The van der Waals surface area contributed by atoms with Crippen molar-refractivity contribution < 1.29 is 9.53 Å². The van der Waals surface area contributed by atoms with Crippen molar-refractivity contribution in [2.45, 2.75) is 25.8 Å². The Morgan fingerprint density at radius 2 is 1.81 bits per heavy atom. The number of carbonyl (C=O) groups excluding carboxylic acids is 1. The zero-order valence-electron chi connectivity index (χ0n) is 12.3. The Hall–Kier alpha value is -2.13. The van der Waals surface area contributed by atoms with Gasteiger partial charge in [-0.3, -0.25) is 4.79 Å². The molecule has 0 saturated heterocycles. The maximum atomic E-state index is 11.9.